The van der Waals surface area contributed by atoms with Gasteiger partial charge in [0.05, 0.1) is 33.0 Å². The number of nitrogens with zero attached hydrogens (tertiary/aromatic N) is 1. The van der Waals surface area contributed by atoms with Gasteiger partial charge in [0.25, 0.3) is 0 Å². The predicted octanol–water partition coefficient (Wildman–Crippen LogP) is 1.53. The van der Waals surface area contributed by atoms with Crippen molar-refractivity contribution in [1.82, 2.24) is 4.90 Å². The molecule has 1 aliphatic rings. The molecule has 0 heterocycles. The molecule has 0 aromatic rings. The molecular formula is C12H24BrNO3. The van der Waals surface area contributed by atoms with Gasteiger partial charge in [0.1, 0.15) is 0 Å². The molecule has 1 rings (SSSR count). The van der Waals surface area contributed by atoms with Gasteiger partial charge in [-0.15, -0.1) is 0 Å². The fraction of sp³-hybridized carbons (Fsp3) is 1.00. The van der Waals surface area contributed by atoms with E-state index in [0.717, 1.165) is 31.1 Å². The average Bonchev–Trinajstić information content (AvgIpc) is 3.15. The van der Waals surface area contributed by atoms with Crippen molar-refractivity contribution in [3.63, 3.8) is 0 Å². The molecule has 102 valence electrons. The summed E-state index contributed by atoms with van der Waals surface area (Å²) in [6.45, 7) is 5.60. The lowest BCUT2D eigenvalue weighted by Crippen LogP contribution is -2.31. The molecule has 0 bridgehead atoms. The van der Waals surface area contributed by atoms with Crippen LogP contribution in [-0.2, 0) is 14.2 Å². The lowest BCUT2D eigenvalue weighted by atomic mass is 10.4. The SMILES string of the molecule is COCCOCCOCCN(CCBr)C1CC1. The molecule has 0 aromatic carbocycles. The summed E-state index contributed by atoms with van der Waals surface area (Å²) in [6.07, 6.45) is 2.71. The van der Waals surface area contributed by atoms with Crippen LogP contribution in [0.3, 0.4) is 0 Å². The number of hydrogen-bond donors (Lipinski definition) is 0. The van der Waals surface area contributed by atoms with Crippen LogP contribution in [0.5, 0.6) is 0 Å². The summed E-state index contributed by atoms with van der Waals surface area (Å²) in [5, 5.41) is 1.05. The molecule has 0 N–H and O–H groups in total. The Morgan fingerprint density at radius 1 is 1.00 bits per heavy atom. The lowest BCUT2D eigenvalue weighted by molar-refractivity contribution is 0.0194. The summed E-state index contributed by atoms with van der Waals surface area (Å²) in [7, 11) is 1.68. The number of halogens is 1. The topological polar surface area (TPSA) is 30.9 Å². The Bertz CT molecular complexity index is 179. The first-order valence-electron chi connectivity index (χ1n) is 6.33. The normalized spacial score (nSPS) is 15.7. The lowest BCUT2D eigenvalue weighted by Gasteiger charge is -2.20. The predicted molar refractivity (Wildman–Crippen MR) is 71.9 cm³/mol. The summed E-state index contributed by atoms with van der Waals surface area (Å²) in [5.74, 6) is 0. The van der Waals surface area contributed by atoms with Crippen LogP contribution in [0.25, 0.3) is 0 Å². The second-order valence-corrected chi connectivity index (χ2v) is 4.97. The molecule has 17 heavy (non-hydrogen) atoms. The van der Waals surface area contributed by atoms with Gasteiger partial charge in [-0.05, 0) is 12.8 Å². The molecule has 0 radical (unpaired) electrons. The van der Waals surface area contributed by atoms with Crippen LogP contribution < -0.4 is 0 Å². The van der Waals surface area contributed by atoms with Crippen molar-refractivity contribution in [2.24, 2.45) is 0 Å². The Hall–Kier alpha value is 0.320. The summed E-state index contributed by atoms with van der Waals surface area (Å²) in [4.78, 5) is 2.50. The van der Waals surface area contributed by atoms with Crippen molar-refractivity contribution in [1.29, 1.82) is 0 Å². The van der Waals surface area contributed by atoms with E-state index in [1.165, 1.54) is 12.8 Å². The highest BCUT2D eigenvalue weighted by Crippen LogP contribution is 2.26. The van der Waals surface area contributed by atoms with Crippen molar-refractivity contribution < 1.29 is 14.2 Å². The van der Waals surface area contributed by atoms with Crippen molar-refractivity contribution >= 4 is 15.9 Å². The molecule has 0 unspecified atom stereocenters. The second-order valence-electron chi connectivity index (χ2n) is 4.17. The van der Waals surface area contributed by atoms with E-state index >= 15 is 0 Å². The van der Waals surface area contributed by atoms with Gasteiger partial charge in [-0.25, -0.2) is 0 Å². The maximum atomic E-state index is 5.55. The third-order valence-corrected chi connectivity index (χ3v) is 3.12. The molecule has 0 atom stereocenters. The maximum Gasteiger partial charge on any atom is 0.0701 e. The summed E-state index contributed by atoms with van der Waals surface area (Å²) < 4.78 is 15.7. The number of hydrogen-bond acceptors (Lipinski definition) is 4. The first-order chi connectivity index (χ1) is 8.38. The summed E-state index contributed by atoms with van der Waals surface area (Å²) in [6, 6.07) is 0.814. The van der Waals surface area contributed by atoms with Crippen LogP contribution in [0.4, 0.5) is 0 Å². The first kappa shape index (κ1) is 15.4. The molecule has 0 aliphatic heterocycles. The van der Waals surface area contributed by atoms with Crippen molar-refractivity contribution in [2.75, 3.05) is 58.6 Å². The molecule has 0 aromatic heterocycles. The zero-order valence-electron chi connectivity index (χ0n) is 10.7. The van der Waals surface area contributed by atoms with Gasteiger partial charge in [-0.3, -0.25) is 4.90 Å². The van der Waals surface area contributed by atoms with E-state index in [2.05, 4.69) is 20.8 Å². The van der Waals surface area contributed by atoms with Gasteiger partial charge in [0.15, 0.2) is 0 Å². The van der Waals surface area contributed by atoms with Gasteiger partial charge in [0.2, 0.25) is 0 Å². The highest BCUT2D eigenvalue weighted by atomic mass is 79.9. The quantitative estimate of drug-likeness (QED) is 0.404. The van der Waals surface area contributed by atoms with E-state index in [1.807, 2.05) is 0 Å². The van der Waals surface area contributed by atoms with E-state index in [0.29, 0.717) is 26.4 Å². The highest BCUT2D eigenvalue weighted by molar-refractivity contribution is 9.09. The maximum absolute atomic E-state index is 5.55. The van der Waals surface area contributed by atoms with E-state index in [9.17, 15) is 0 Å². The van der Waals surface area contributed by atoms with E-state index in [1.54, 1.807) is 7.11 Å². The Balaban J connectivity index is 1.85. The Morgan fingerprint density at radius 3 is 2.24 bits per heavy atom. The van der Waals surface area contributed by atoms with Crippen LogP contribution in [0, 0.1) is 0 Å². The van der Waals surface area contributed by atoms with E-state index in [-0.39, 0.29) is 0 Å². The van der Waals surface area contributed by atoms with Crippen molar-refractivity contribution in [2.45, 2.75) is 18.9 Å². The zero-order valence-corrected chi connectivity index (χ0v) is 12.3. The minimum absolute atomic E-state index is 0.650. The van der Waals surface area contributed by atoms with Crippen LogP contribution >= 0.6 is 15.9 Å². The summed E-state index contributed by atoms with van der Waals surface area (Å²) >= 11 is 3.49. The van der Waals surface area contributed by atoms with Gasteiger partial charge < -0.3 is 14.2 Å². The highest BCUT2D eigenvalue weighted by Gasteiger charge is 2.27. The molecule has 5 heteroatoms. The van der Waals surface area contributed by atoms with E-state index in [4.69, 9.17) is 14.2 Å². The molecular weight excluding hydrogens is 286 g/mol. The molecule has 1 saturated carbocycles. The van der Waals surface area contributed by atoms with Crippen molar-refractivity contribution in [3.05, 3.63) is 0 Å². The van der Waals surface area contributed by atoms with Crippen LogP contribution in [0.15, 0.2) is 0 Å². The van der Waals surface area contributed by atoms with Crippen LogP contribution in [-0.4, -0.2) is 69.5 Å². The minimum atomic E-state index is 0.650. The van der Waals surface area contributed by atoms with Crippen LogP contribution in [0.1, 0.15) is 12.8 Å². The number of alkyl halides is 1. The number of rotatable bonds is 12. The Kier molecular flexibility index (Phi) is 9.28. The largest absolute Gasteiger partial charge is 0.382 e. The summed E-state index contributed by atoms with van der Waals surface area (Å²) in [5.41, 5.74) is 0. The standard InChI is InChI=1S/C12H24BrNO3/c1-15-8-9-17-11-10-16-7-6-14(5-4-13)12-2-3-12/h12H,2-11H2,1H3. The van der Waals surface area contributed by atoms with E-state index < -0.39 is 0 Å². The van der Waals surface area contributed by atoms with Crippen LogP contribution in [0.2, 0.25) is 0 Å². The average molecular weight is 310 g/mol. The smallest absolute Gasteiger partial charge is 0.0701 e. The second kappa shape index (κ2) is 10.3. The first-order valence-corrected chi connectivity index (χ1v) is 7.45. The Labute approximate surface area is 113 Å². The van der Waals surface area contributed by atoms with Gasteiger partial charge in [-0.2, -0.15) is 0 Å². The van der Waals surface area contributed by atoms with Gasteiger partial charge in [0, 0.05) is 31.6 Å². The molecule has 4 nitrogen and oxygen atoms in total. The zero-order chi connectivity index (χ0) is 12.3. The molecule has 0 spiro atoms. The molecule has 1 fully saturated rings. The third kappa shape index (κ3) is 8.11. The fourth-order valence-electron chi connectivity index (χ4n) is 1.67. The van der Waals surface area contributed by atoms with Crippen molar-refractivity contribution in [3.8, 4) is 0 Å². The van der Waals surface area contributed by atoms with Gasteiger partial charge in [-0.1, -0.05) is 15.9 Å². The Morgan fingerprint density at radius 2 is 1.65 bits per heavy atom. The fourth-order valence-corrected chi connectivity index (χ4v) is 2.13. The third-order valence-electron chi connectivity index (χ3n) is 2.76. The molecule has 0 amide bonds. The number of methoxy groups -OCH3 is 1. The number of ether oxygens (including phenoxy) is 3. The monoisotopic (exact) mass is 309 g/mol. The van der Waals surface area contributed by atoms with Gasteiger partial charge >= 0.3 is 0 Å². The minimum Gasteiger partial charge on any atom is -0.382 e. The molecule has 0 saturated heterocycles. The molecule has 1 aliphatic carbocycles.